The Labute approximate surface area is 115 Å². The van der Waals surface area contributed by atoms with Crippen LogP contribution in [-0.4, -0.2) is 12.9 Å². The van der Waals surface area contributed by atoms with Crippen LogP contribution in [0.15, 0.2) is 42.5 Å². The maximum atomic E-state index is 13.0. The summed E-state index contributed by atoms with van der Waals surface area (Å²) in [7, 11) is 1.45. The van der Waals surface area contributed by atoms with Crippen LogP contribution < -0.4 is 4.74 Å². The standard InChI is InChI=1S/C16H10F2O2/c1-20-16-5-3-2-4-12(16)15(19)9-7-11-6-8-13(17)14(18)10-11/h2-6,8,10H,1H3. The van der Waals surface area contributed by atoms with E-state index < -0.39 is 17.4 Å². The van der Waals surface area contributed by atoms with Crippen molar-refractivity contribution < 1.29 is 18.3 Å². The van der Waals surface area contributed by atoms with E-state index in [1.807, 2.05) is 0 Å². The average Bonchev–Trinajstić information content (AvgIpc) is 2.48. The van der Waals surface area contributed by atoms with Crippen molar-refractivity contribution in [1.29, 1.82) is 0 Å². The molecule has 0 radical (unpaired) electrons. The number of ether oxygens (including phenoxy) is 1. The van der Waals surface area contributed by atoms with E-state index in [4.69, 9.17) is 4.74 Å². The van der Waals surface area contributed by atoms with E-state index in [0.717, 1.165) is 12.1 Å². The summed E-state index contributed by atoms with van der Waals surface area (Å²) in [6, 6.07) is 9.87. The second-order valence-corrected chi connectivity index (χ2v) is 3.91. The van der Waals surface area contributed by atoms with E-state index in [2.05, 4.69) is 11.8 Å². The third-order valence-electron chi connectivity index (χ3n) is 2.59. The van der Waals surface area contributed by atoms with Crippen molar-refractivity contribution in [1.82, 2.24) is 0 Å². The topological polar surface area (TPSA) is 26.3 Å². The minimum Gasteiger partial charge on any atom is -0.496 e. The maximum Gasteiger partial charge on any atom is 0.239 e. The van der Waals surface area contributed by atoms with Gasteiger partial charge in [-0.2, -0.15) is 0 Å². The lowest BCUT2D eigenvalue weighted by Gasteiger charge is -2.02. The van der Waals surface area contributed by atoms with Crippen LogP contribution in [0.25, 0.3) is 0 Å². The molecule has 0 heterocycles. The number of Topliss-reactive ketones (excluding diaryl/α,β-unsaturated/α-hetero) is 1. The molecule has 2 rings (SSSR count). The molecular weight excluding hydrogens is 262 g/mol. The van der Waals surface area contributed by atoms with Crippen LogP contribution in [0.1, 0.15) is 15.9 Å². The fraction of sp³-hybridized carbons (Fsp3) is 0.0625. The summed E-state index contributed by atoms with van der Waals surface area (Å²) >= 11 is 0. The van der Waals surface area contributed by atoms with Gasteiger partial charge in [0.15, 0.2) is 11.6 Å². The van der Waals surface area contributed by atoms with Crippen molar-refractivity contribution in [3.05, 3.63) is 65.2 Å². The zero-order chi connectivity index (χ0) is 14.5. The molecule has 0 atom stereocenters. The van der Waals surface area contributed by atoms with Crippen LogP contribution in [0, 0.1) is 23.5 Å². The molecule has 0 unspecified atom stereocenters. The zero-order valence-electron chi connectivity index (χ0n) is 10.6. The van der Waals surface area contributed by atoms with E-state index in [1.54, 1.807) is 24.3 Å². The van der Waals surface area contributed by atoms with E-state index in [1.165, 1.54) is 13.2 Å². The summed E-state index contributed by atoms with van der Waals surface area (Å²) in [6.45, 7) is 0. The molecule has 0 spiro atoms. The third kappa shape index (κ3) is 3.01. The molecule has 2 nitrogen and oxygen atoms in total. The van der Waals surface area contributed by atoms with Crippen LogP contribution in [0.3, 0.4) is 0 Å². The fourth-order valence-electron chi connectivity index (χ4n) is 1.60. The van der Waals surface area contributed by atoms with Gasteiger partial charge in [-0.15, -0.1) is 0 Å². The van der Waals surface area contributed by atoms with Crippen LogP contribution in [0.4, 0.5) is 8.78 Å². The second kappa shape index (κ2) is 5.98. The molecule has 20 heavy (non-hydrogen) atoms. The van der Waals surface area contributed by atoms with Crippen molar-refractivity contribution in [2.75, 3.05) is 7.11 Å². The number of para-hydroxylation sites is 1. The van der Waals surface area contributed by atoms with E-state index in [-0.39, 0.29) is 5.56 Å². The predicted octanol–water partition coefficient (Wildman–Crippen LogP) is 3.21. The second-order valence-electron chi connectivity index (χ2n) is 3.91. The minimum absolute atomic E-state index is 0.229. The van der Waals surface area contributed by atoms with Gasteiger partial charge in [0.1, 0.15) is 5.75 Å². The molecule has 100 valence electrons. The van der Waals surface area contributed by atoms with Crippen molar-refractivity contribution >= 4 is 5.78 Å². The molecule has 2 aromatic carbocycles. The Morgan fingerprint density at radius 3 is 2.55 bits per heavy atom. The third-order valence-corrected chi connectivity index (χ3v) is 2.59. The Kier molecular flexibility index (Phi) is 4.11. The molecule has 0 saturated carbocycles. The minimum atomic E-state index is -0.999. The molecule has 4 heteroatoms. The van der Waals surface area contributed by atoms with Crippen LogP contribution >= 0.6 is 0 Å². The summed E-state index contributed by atoms with van der Waals surface area (Å²) in [5.74, 6) is 2.89. The number of carbonyl (C=O) groups is 1. The van der Waals surface area contributed by atoms with E-state index in [0.29, 0.717) is 11.3 Å². The number of methoxy groups -OCH3 is 1. The highest BCUT2D eigenvalue weighted by Gasteiger charge is 2.08. The van der Waals surface area contributed by atoms with Gasteiger partial charge in [-0.1, -0.05) is 18.1 Å². The Morgan fingerprint density at radius 2 is 1.85 bits per heavy atom. The maximum absolute atomic E-state index is 13.0. The van der Waals surface area contributed by atoms with Crippen LogP contribution in [-0.2, 0) is 0 Å². The summed E-state index contributed by atoms with van der Waals surface area (Å²) in [6.07, 6.45) is 0. The first-order valence-electron chi connectivity index (χ1n) is 5.76. The van der Waals surface area contributed by atoms with Gasteiger partial charge in [-0.3, -0.25) is 4.79 Å². The molecule has 0 aromatic heterocycles. The monoisotopic (exact) mass is 272 g/mol. The number of hydrogen-bond donors (Lipinski definition) is 0. The molecule has 0 aliphatic rings. The van der Waals surface area contributed by atoms with E-state index in [9.17, 15) is 13.6 Å². The molecule has 0 fully saturated rings. The van der Waals surface area contributed by atoms with Gasteiger partial charge < -0.3 is 4.74 Å². The number of benzene rings is 2. The van der Waals surface area contributed by atoms with Gasteiger partial charge in [0.25, 0.3) is 0 Å². The van der Waals surface area contributed by atoms with Crippen molar-refractivity contribution in [3.8, 4) is 17.6 Å². The Morgan fingerprint density at radius 1 is 1.10 bits per heavy atom. The lowest BCUT2D eigenvalue weighted by molar-refractivity contribution is 0.105. The predicted molar refractivity (Wildman–Crippen MR) is 70.6 cm³/mol. The largest absolute Gasteiger partial charge is 0.496 e. The Bertz CT molecular complexity index is 712. The number of ketones is 1. The number of hydrogen-bond acceptors (Lipinski definition) is 2. The van der Waals surface area contributed by atoms with Gasteiger partial charge in [-0.25, -0.2) is 8.78 Å². The number of halogens is 2. The van der Waals surface area contributed by atoms with Crippen LogP contribution in [0.2, 0.25) is 0 Å². The molecule has 0 aliphatic heterocycles. The van der Waals surface area contributed by atoms with Gasteiger partial charge in [-0.05, 0) is 36.3 Å². The van der Waals surface area contributed by atoms with Gasteiger partial charge >= 0.3 is 0 Å². The summed E-state index contributed by atoms with van der Waals surface area (Å²) in [4.78, 5) is 11.9. The highest BCUT2D eigenvalue weighted by atomic mass is 19.2. The number of rotatable bonds is 2. The first-order chi connectivity index (χ1) is 9.61. The number of carbonyl (C=O) groups excluding carboxylic acids is 1. The normalized spacial score (nSPS) is 9.55. The van der Waals surface area contributed by atoms with Crippen molar-refractivity contribution in [3.63, 3.8) is 0 Å². The molecule has 0 bridgehead atoms. The molecule has 0 aliphatic carbocycles. The summed E-state index contributed by atoms with van der Waals surface area (Å²) in [5.41, 5.74) is 0.553. The highest BCUT2D eigenvalue weighted by molar-refractivity contribution is 6.11. The molecule has 2 aromatic rings. The smallest absolute Gasteiger partial charge is 0.239 e. The highest BCUT2D eigenvalue weighted by Crippen LogP contribution is 2.17. The SMILES string of the molecule is COc1ccccc1C(=O)C#Cc1ccc(F)c(F)c1. The van der Waals surface area contributed by atoms with Gasteiger partial charge in [0, 0.05) is 5.56 Å². The average molecular weight is 272 g/mol. The summed E-state index contributed by atoms with van der Waals surface area (Å²) in [5, 5.41) is 0. The summed E-state index contributed by atoms with van der Waals surface area (Å²) < 4.78 is 30.8. The Balaban J connectivity index is 2.28. The quantitative estimate of drug-likeness (QED) is 0.620. The van der Waals surface area contributed by atoms with Crippen molar-refractivity contribution in [2.45, 2.75) is 0 Å². The Hall–Kier alpha value is -2.67. The first kappa shape index (κ1) is 13.8. The van der Waals surface area contributed by atoms with Gasteiger partial charge in [0.05, 0.1) is 12.7 Å². The molecule has 0 saturated heterocycles. The molecular formula is C16H10F2O2. The zero-order valence-corrected chi connectivity index (χ0v) is 10.6. The van der Waals surface area contributed by atoms with Crippen LogP contribution in [0.5, 0.6) is 5.75 Å². The van der Waals surface area contributed by atoms with E-state index >= 15 is 0 Å². The lowest BCUT2D eigenvalue weighted by Crippen LogP contribution is -1.99. The van der Waals surface area contributed by atoms with Crippen molar-refractivity contribution in [2.24, 2.45) is 0 Å². The van der Waals surface area contributed by atoms with Gasteiger partial charge in [0.2, 0.25) is 5.78 Å². The molecule has 0 N–H and O–H groups in total. The lowest BCUT2D eigenvalue weighted by atomic mass is 10.1. The fourth-order valence-corrected chi connectivity index (χ4v) is 1.60. The molecule has 0 amide bonds. The first-order valence-corrected chi connectivity index (χ1v) is 5.76.